The largest absolute Gasteiger partial charge is 0.312 e. The van der Waals surface area contributed by atoms with Gasteiger partial charge in [0.15, 0.2) is 0 Å². The fourth-order valence-corrected chi connectivity index (χ4v) is 2.97. The molecule has 96 valence electrons. The van der Waals surface area contributed by atoms with Crippen LogP contribution < -0.4 is 5.32 Å². The minimum atomic E-state index is 0.905. The van der Waals surface area contributed by atoms with Crippen LogP contribution >= 0.6 is 11.3 Å². The van der Waals surface area contributed by atoms with Crippen LogP contribution in [0.3, 0.4) is 0 Å². The van der Waals surface area contributed by atoms with Gasteiger partial charge in [0, 0.05) is 23.2 Å². The highest BCUT2D eigenvalue weighted by molar-refractivity contribution is 7.15. The first-order chi connectivity index (χ1) is 9.36. The summed E-state index contributed by atoms with van der Waals surface area (Å²) in [6, 6.07) is 15.0. The normalized spacial score (nSPS) is 11.0. The maximum Gasteiger partial charge on any atom is 0.123 e. The summed E-state index contributed by atoms with van der Waals surface area (Å²) in [6.07, 6.45) is 1.97. The van der Waals surface area contributed by atoms with Gasteiger partial charge < -0.3 is 5.32 Å². The smallest absolute Gasteiger partial charge is 0.123 e. The number of rotatable bonds is 4. The van der Waals surface area contributed by atoms with Crippen molar-refractivity contribution in [2.24, 2.45) is 0 Å². The quantitative estimate of drug-likeness (QED) is 0.771. The number of thiazole rings is 1. The van der Waals surface area contributed by atoms with Gasteiger partial charge in [-0.25, -0.2) is 4.98 Å². The molecule has 0 saturated carbocycles. The lowest BCUT2D eigenvalue weighted by atomic mass is 10.1. The Kier molecular flexibility index (Phi) is 3.58. The SMILES string of the molecule is CCNCc1cnc(-c2ccc3ccccc3c2)s1. The number of benzene rings is 2. The van der Waals surface area contributed by atoms with Crippen LogP contribution in [-0.4, -0.2) is 11.5 Å². The van der Waals surface area contributed by atoms with Gasteiger partial charge >= 0.3 is 0 Å². The maximum atomic E-state index is 4.52. The van der Waals surface area contributed by atoms with Crippen LogP contribution in [0.25, 0.3) is 21.3 Å². The predicted molar refractivity (Wildman–Crippen MR) is 82.4 cm³/mol. The van der Waals surface area contributed by atoms with Gasteiger partial charge in [-0.05, 0) is 23.4 Å². The van der Waals surface area contributed by atoms with Gasteiger partial charge in [0.2, 0.25) is 0 Å². The Labute approximate surface area is 117 Å². The number of hydrogen-bond acceptors (Lipinski definition) is 3. The highest BCUT2D eigenvalue weighted by Gasteiger charge is 2.05. The van der Waals surface area contributed by atoms with Crippen LogP contribution in [0, 0.1) is 0 Å². The number of hydrogen-bond donors (Lipinski definition) is 1. The Morgan fingerprint density at radius 1 is 1.11 bits per heavy atom. The summed E-state index contributed by atoms with van der Waals surface area (Å²) in [6.45, 7) is 4.01. The number of fused-ring (bicyclic) bond motifs is 1. The number of nitrogens with one attached hydrogen (secondary N) is 1. The Bertz CT molecular complexity index is 688. The van der Waals surface area contributed by atoms with E-state index in [1.807, 2.05) is 6.20 Å². The molecule has 3 aromatic rings. The summed E-state index contributed by atoms with van der Waals surface area (Å²) in [5.74, 6) is 0. The van der Waals surface area contributed by atoms with Crippen LogP contribution in [0.2, 0.25) is 0 Å². The van der Waals surface area contributed by atoms with E-state index in [0.717, 1.165) is 18.1 Å². The molecule has 2 aromatic carbocycles. The van der Waals surface area contributed by atoms with Crippen LogP contribution in [-0.2, 0) is 6.54 Å². The average Bonchev–Trinajstić information content (AvgIpc) is 2.93. The van der Waals surface area contributed by atoms with Gasteiger partial charge in [0.25, 0.3) is 0 Å². The fourth-order valence-electron chi connectivity index (χ4n) is 2.09. The highest BCUT2D eigenvalue weighted by atomic mass is 32.1. The van der Waals surface area contributed by atoms with E-state index in [1.54, 1.807) is 11.3 Å². The molecule has 1 N–H and O–H groups in total. The lowest BCUT2D eigenvalue weighted by Crippen LogP contribution is -2.10. The van der Waals surface area contributed by atoms with Gasteiger partial charge in [-0.3, -0.25) is 0 Å². The number of nitrogens with zero attached hydrogens (tertiary/aromatic N) is 1. The summed E-state index contributed by atoms with van der Waals surface area (Å²) in [5, 5.41) is 6.97. The standard InChI is InChI=1S/C16H16N2S/c1-2-17-10-15-11-18-16(19-15)14-8-7-12-5-3-4-6-13(12)9-14/h3-9,11,17H,2,10H2,1H3. The van der Waals surface area contributed by atoms with Gasteiger partial charge in [-0.15, -0.1) is 11.3 Å². The molecule has 1 heterocycles. The first-order valence-electron chi connectivity index (χ1n) is 6.51. The molecule has 3 rings (SSSR count). The molecule has 0 atom stereocenters. The summed E-state index contributed by atoms with van der Waals surface area (Å²) in [4.78, 5) is 5.81. The lowest BCUT2D eigenvalue weighted by Gasteiger charge is -2.00. The molecule has 0 bridgehead atoms. The van der Waals surface area contributed by atoms with Crippen LogP contribution in [0.5, 0.6) is 0 Å². The van der Waals surface area contributed by atoms with Crippen LogP contribution in [0.1, 0.15) is 11.8 Å². The molecule has 0 fully saturated rings. The molecule has 0 unspecified atom stereocenters. The van der Waals surface area contributed by atoms with E-state index >= 15 is 0 Å². The average molecular weight is 268 g/mol. The highest BCUT2D eigenvalue weighted by Crippen LogP contribution is 2.28. The summed E-state index contributed by atoms with van der Waals surface area (Å²) >= 11 is 1.76. The van der Waals surface area contributed by atoms with E-state index in [2.05, 4.69) is 59.7 Å². The minimum absolute atomic E-state index is 0.905. The molecule has 0 aliphatic carbocycles. The molecule has 1 aromatic heterocycles. The third-order valence-corrected chi connectivity index (χ3v) is 4.15. The lowest BCUT2D eigenvalue weighted by molar-refractivity contribution is 0.734. The monoisotopic (exact) mass is 268 g/mol. The van der Waals surface area contributed by atoms with Crippen molar-refractivity contribution in [3.63, 3.8) is 0 Å². The van der Waals surface area contributed by atoms with E-state index in [-0.39, 0.29) is 0 Å². The van der Waals surface area contributed by atoms with E-state index < -0.39 is 0 Å². The third-order valence-electron chi connectivity index (χ3n) is 3.10. The minimum Gasteiger partial charge on any atom is -0.312 e. The maximum absolute atomic E-state index is 4.52. The van der Waals surface area contributed by atoms with Crippen molar-refractivity contribution in [2.75, 3.05) is 6.54 Å². The molecular formula is C16H16N2S. The molecular weight excluding hydrogens is 252 g/mol. The first kappa shape index (κ1) is 12.3. The Morgan fingerprint density at radius 3 is 2.79 bits per heavy atom. The van der Waals surface area contributed by atoms with Crippen molar-refractivity contribution in [3.05, 3.63) is 53.5 Å². The van der Waals surface area contributed by atoms with E-state index in [0.29, 0.717) is 0 Å². The molecule has 0 spiro atoms. The zero-order valence-corrected chi connectivity index (χ0v) is 11.7. The summed E-state index contributed by atoms with van der Waals surface area (Å²) in [5.41, 5.74) is 1.20. The summed E-state index contributed by atoms with van der Waals surface area (Å²) in [7, 11) is 0. The molecule has 0 radical (unpaired) electrons. The number of aromatic nitrogens is 1. The second kappa shape index (κ2) is 5.51. The van der Waals surface area contributed by atoms with Crippen molar-refractivity contribution >= 4 is 22.1 Å². The van der Waals surface area contributed by atoms with Crippen molar-refractivity contribution < 1.29 is 0 Å². The Hall–Kier alpha value is -1.71. The van der Waals surface area contributed by atoms with E-state index in [9.17, 15) is 0 Å². The van der Waals surface area contributed by atoms with Crippen molar-refractivity contribution in [1.29, 1.82) is 0 Å². The van der Waals surface area contributed by atoms with Crippen molar-refractivity contribution in [3.8, 4) is 10.6 Å². The second-order valence-electron chi connectivity index (χ2n) is 4.47. The van der Waals surface area contributed by atoms with Crippen LogP contribution in [0.15, 0.2) is 48.7 Å². The molecule has 0 saturated heterocycles. The molecule has 2 nitrogen and oxygen atoms in total. The van der Waals surface area contributed by atoms with Gasteiger partial charge in [0.1, 0.15) is 5.01 Å². The predicted octanol–water partition coefficient (Wildman–Crippen LogP) is 4.07. The molecule has 0 amide bonds. The molecule has 0 aliphatic heterocycles. The van der Waals surface area contributed by atoms with Crippen molar-refractivity contribution in [2.45, 2.75) is 13.5 Å². The summed E-state index contributed by atoms with van der Waals surface area (Å²) < 4.78 is 0. The zero-order valence-electron chi connectivity index (χ0n) is 10.9. The Morgan fingerprint density at radius 2 is 1.95 bits per heavy atom. The van der Waals surface area contributed by atoms with Crippen LogP contribution in [0.4, 0.5) is 0 Å². The molecule has 0 aliphatic rings. The topological polar surface area (TPSA) is 24.9 Å². The first-order valence-corrected chi connectivity index (χ1v) is 7.33. The zero-order chi connectivity index (χ0) is 13.1. The third kappa shape index (κ3) is 2.67. The fraction of sp³-hybridized carbons (Fsp3) is 0.188. The second-order valence-corrected chi connectivity index (χ2v) is 5.59. The van der Waals surface area contributed by atoms with Crippen molar-refractivity contribution in [1.82, 2.24) is 10.3 Å². The Balaban J connectivity index is 1.92. The van der Waals surface area contributed by atoms with E-state index in [4.69, 9.17) is 0 Å². The molecule has 3 heteroatoms. The van der Waals surface area contributed by atoms with E-state index in [1.165, 1.54) is 21.2 Å². The molecule has 19 heavy (non-hydrogen) atoms. The van der Waals surface area contributed by atoms with Gasteiger partial charge in [-0.1, -0.05) is 43.3 Å². The van der Waals surface area contributed by atoms with Gasteiger partial charge in [-0.2, -0.15) is 0 Å². The van der Waals surface area contributed by atoms with Gasteiger partial charge in [0.05, 0.1) is 0 Å².